The largest absolute Gasteiger partial charge is 0.308 e. The van der Waals surface area contributed by atoms with Crippen molar-refractivity contribution in [2.45, 2.75) is 63.1 Å². The molecule has 2 heterocycles. The van der Waals surface area contributed by atoms with Crippen molar-refractivity contribution >= 4 is 22.9 Å². The Kier molecular flexibility index (Phi) is 3.61. The lowest BCUT2D eigenvalue weighted by atomic mass is 9.83. The van der Waals surface area contributed by atoms with Crippen molar-refractivity contribution in [1.82, 2.24) is 10.2 Å². The second kappa shape index (κ2) is 5.23. The standard InChI is InChI=1S/C17H25ClN2S/c1-16(13-4-5-13)11-19-17(8-2-3-9-17)12-20(16)10-14-6-7-15(18)21-14/h6-7,13,19H,2-5,8-12H2,1H3. The molecule has 2 saturated carbocycles. The van der Waals surface area contributed by atoms with Crippen LogP contribution in [0, 0.1) is 5.92 Å². The number of thiophene rings is 1. The zero-order valence-electron chi connectivity index (χ0n) is 12.8. The van der Waals surface area contributed by atoms with Crippen molar-refractivity contribution in [1.29, 1.82) is 0 Å². The van der Waals surface area contributed by atoms with Gasteiger partial charge in [-0.2, -0.15) is 0 Å². The fourth-order valence-corrected chi connectivity index (χ4v) is 5.54. The maximum absolute atomic E-state index is 6.13. The highest BCUT2D eigenvalue weighted by molar-refractivity contribution is 7.16. The Morgan fingerprint density at radius 1 is 1.33 bits per heavy atom. The van der Waals surface area contributed by atoms with Gasteiger partial charge in [-0.3, -0.25) is 4.90 Å². The Labute approximate surface area is 136 Å². The summed E-state index contributed by atoms with van der Waals surface area (Å²) in [5.74, 6) is 0.888. The Balaban J connectivity index is 1.57. The van der Waals surface area contributed by atoms with Gasteiger partial charge in [0.25, 0.3) is 0 Å². The van der Waals surface area contributed by atoms with Gasteiger partial charge < -0.3 is 5.32 Å². The lowest BCUT2D eigenvalue weighted by Crippen LogP contribution is -2.68. The quantitative estimate of drug-likeness (QED) is 0.892. The minimum absolute atomic E-state index is 0.338. The predicted molar refractivity (Wildman–Crippen MR) is 90.1 cm³/mol. The zero-order chi connectivity index (χ0) is 14.5. The SMILES string of the molecule is CC1(C2CC2)CNC2(CCCC2)CN1Cc1ccc(Cl)s1. The molecule has 2 nitrogen and oxygen atoms in total. The lowest BCUT2D eigenvalue weighted by Gasteiger charge is -2.53. The van der Waals surface area contributed by atoms with Crippen molar-refractivity contribution in [3.8, 4) is 0 Å². The van der Waals surface area contributed by atoms with E-state index in [9.17, 15) is 0 Å². The van der Waals surface area contributed by atoms with E-state index in [-0.39, 0.29) is 0 Å². The first-order chi connectivity index (χ1) is 10.1. The van der Waals surface area contributed by atoms with Gasteiger partial charge in [0, 0.05) is 35.6 Å². The maximum Gasteiger partial charge on any atom is 0.0931 e. The van der Waals surface area contributed by atoms with E-state index in [1.54, 1.807) is 11.3 Å². The lowest BCUT2D eigenvalue weighted by molar-refractivity contribution is -0.00310. The molecule has 1 unspecified atom stereocenters. The van der Waals surface area contributed by atoms with Crippen LogP contribution in [-0.4, -0.2) is 29.1 Å². The van der Waals surface area contributed by atoms with E-state index in [1.807, 2.05) is 6.07 Å². The molecule has 1 aromatic rings. The molecule has 0 bridgehead atoms. The smallest absolute Gasteiger partial charge is 0.0931 e. The molecule has 1 saturated heterocycles. The van der Waals surface area contributed by atoms with Crippen molar-refractivity contribution in [2.24, 2.45) is 5.92 Å². The topological polar surface area (TPSA) is 15.3 Å². The van der Waals surface area contributed by atoms with Crippen molar-refractivity contribution in [2.75, 3.05) is 13.1 Å². The van der Waals surface area contributed by atoms with Crippen LogP contribution >= 0.6 is 22.9 Å². The molecule has 4 rings (SSSR count). The average molecular weight is 325 g/mol. The summed E-state index contributed by atoms with van der Waals surface area (Å²) in [7, 11) is 0. The van der Waals surface area contributed by atoms with Crippen LogP contribution in [0.15, 0.2) is 12.1 Å². The molecule has 1 spiro atoms. The normalized spacial score (nSPS) is 32.9. The first kappa shape index (κ1) is 14.5. The van der Waals surface area contributed by atoms with Crippen LogP contribution in [0.2, 0.25) is 4.34 Å². The van der Waals surface area contributed by atoms with E-state index in [0.29, 0.717) is 11.1 Å². The molecular formula is C17H25ClN2S. The highest BCUT2D eigenvalue weighted by Crippen LogP contribution is 2.47. The van der Waals surface area contributed by atoms with Crippen LogP contribution in [-0.2, 0) is 6.54 Å². The number of nitrogens with zero attached hydrogens (tertiary/aromatic N) is 1. The summed E-state index contributed by atoms with van der Waals surface area (Å²) in [6, 6.07) is 4.26. The van der Waals surface area contributed by atoms with Gasteiger partial charge in [-0.1, -0.05) is 24.4 Å². The Bertz CT molecular complexity index is 519. The third-order valence-electron chi connectivity index (χ3n) is 6.03. The van der Waals surface area contributed by atoms with Gasteiger partial charge in [0.15, 0.2) is 0 Å². The molecule has 0 radical (unpaired) electrons. The molecule has 4 heteroatoms. The summed E-state index contributed by atoms with van der Waals surface area (Å²) in [6.07, 6.45) is 8.32. The molecule has 21 heavy (non-hydrogen) atoms. The maximum atomic E-state index is 6.13. The molecule has 1 atom stereocenters. The van der Waals surface area contributed by atoms with Gasteiger partial charge in [-0.05, 0) is 50.7 Å². The summed E-state index contributed by atoms with van der Waals surface area (Å²) in [5.41, 5.74) is 0.736. The highest BCUT2D eigenvalue weighted by atomic mass is 35.5. The summed E-state index contributed by atoms with van der Waals surface area (Å²) in [6.45, 7) is 5.94. The number of halogens is 1. The van der Waals surface area contributed by atoms with Crippen molar-refractivity contribution < 1.29 is 0 Å². The first-order valence-corrected chi connectivity index (χ1v) is 9.53. The number of piperazine rings is 1. The Hall–Kier alpha value is -0.0900. The summed E-state index contributed by atoms with van der Waals surface area (Å²) < 4.78 is 0.920. The average Bonchev–Trinajstić information content (AvgIpc) is 3.11. The first-order valence-electron chi connectivity index (χ1n) is 8.34. The number of rotatable bonds is 3. The van der Waals surface area contributed by atoms with Gasteiger partial charge in [-0.25, -0.2) is 0 Å². The number of hydrogen-bond donors (Lipinski definition) is 1. The van der Waals surface area contributed by atoms with Gasteiger partial charge >= 0.3 is 0 Å². The third kappa shape index (κ3) is 2.67. The second-order valence-corrected chi connectivity index (χ2v) is 9.33. The van der Waals surface area contributed by atoms with Gasteiger partial charge in [0.05, 0.1) is 4.34 Å². The van der Waals surface area contributed by atoms with Crippen molar-refractivity contribution in [3.63, 3.8) is 0 Å². The van der Waals surface area contributed by atoms with E-state index < -0.39 is 0 Å². The monoisotopic (exact) mass is 324 g/mol. The number of nitrogens with one attached hydrogen (secondary N) is 1. The van der Waals surface area contributed by atoms with Crippen LogP contribution in [0.3, 0.4) is 0 Å². The summed E-state index contributed by atoms with van der Waals surface area (Å²) in [4.78, 5) is 4.20. The number of hydrogen-bond acceptors (Lipinski definition) is 3. The zero-order valence-corrected chi connectivity index (χ0v) is 14.4. The van der Waals surface area contributed by atoms with Crippen molar-refractivity contribution in [3.05, 3.63) is 21.3 Å². The van der Waals surface area contributed by atoms with Crippen LogP contribution in [0.4, 0.5) is 0 Å². The highest BCUT2D eigenvalue weighted by Gasteiger charge is 2.52. The van der Waals surface area contributed by atoms with Crippen LogP contribution in [0.1, 0.15) is 50.3 Å². The summed E-state index contributed by atoms with van der Waals surface area (Å²) >= 11 is 7.88. The minimum atomic E-state index is 0.338. The van der Waals surface area contributed by atoms with Crippen LogP contribution in [0.25, 0.3) is 0 Å². The molecule has 1 N–H and O–H groups in total. The van der Waals surface area contributed by atoms with Gasteiger partial charge in [0.2, 0.25) is 0 Å². The fraction of sp³-hybridized carbons (Fsp3) is 0.765. The second-order valence-electron chi connectivity index (χ2n) is 7.53. The Morgan fingerprint density at radius 3 is 2.71 bits per heavy atom. The fourth-order valence-electron chi connectivity index (χ4n) is 4.44. The van der Waals surface area contributed by atoms with E-state index in [0.717, 1.165) is 23.3 Å². The summed E-state index contributed by atoms with van der Waals surface area (Å²) in [5, 5.41) is 3.96. The minimum Gasteiger partial charge on any atom is -0.308 e. The van der Waals surface area contributed by atoms with Gasteiger partial charge in [0.1, 0.15) is 0 Å². The molecule has 2 aliphatic carbocycles. The third-order valence-corrected chi connectivity index (χ3v) is 7.25. The van der Waals surface area contributed by atoms with E-state index in [1.165, 1.54) is 49.9 Å². The molecule has 1 aliphatic heterocycles. The van der Waals surface area contributed by atoms with E-state index in [4.69, 9.17) is 11.6 Å². The van der Waals surface area contributed by atoms with Crippen LogP contribution in [0.5, 0.6) is 0 Å². The molecule has 0 aromatic carbocycles. The molecule has 1 aromatic heterocycles. The Morgan fingerprint density at radius 2 is 2.10 bits per heavy atom. The molecule has 0 amide bonds. The van der Waals surface area contributed by atoms with E-state index >= 15 is 0 Å². The molecule has 116 valence electrons. The molecule has 3 aliphatic rings. The predicted octanol–water partition coefficient (Wildman–Crippen LogP) is 4.29. The molecule has 3 fully saturated rings. The van der Waals surface area contributed by atoms with E-state index in [2.05, 4.69) is 23.2 Å². The molecular weight excluding hydrogens is 300 g/mol. The van der Waals surface area contributed by atoms with Gasteiger partial charge in [-0.15, -0.1) is 11.3 Å². The van der Waals surface area contributed by atoms with Crippen LogP contribution < -0.4 is 5.32 Å².